The van der Waals surface area contributed by atoms with Gasteiger partial charge in [0.05, 0.1) is 0 Å². The second-order valence-corrected chi connectivity index (χ2v) is 12.0. The van der Waals surface area contributed by atoms with Crippen LogP contribution in [0.25, 0.3) is 0 Å². The Morgan fingerprint density at radius 2 is 1.56 bits per heavy atom. The zero-order chi connectivity index (χ0) is 12.4. The van der Waals surface area contributed by atoms with E-state index in [1.807, 2.05) is 0 Å². The van der Waals surface area contributed by atoms with E-state index in [0.717, 1.165) is 18.4 Å². The van der Waals surface area contributed by atoms with Crippen molar-refractivity contribution in [1.82, 2.24) is 0 Å². The summed E-state index contributed by atoms with van der Waals surface area (Å²) in [4.78, 5) is 0. The molecule has 1 fully saturated rings. The summed E-state index contributed by atoms with van der Waals surface area (Å²) in [6, 6.07) is 0. The fraction of sp³-hybridized carbons (Fsp3) is 1.00. The molecule has 0 N–H and O–H groups in total. The first-order valence-corrected chi connectivity index (χ1v) is 9.77. The Hall–Kier alpha value is 0.177. The summed E-state index contributed by atoms with van der Waals surface area (Å²) < 4.78 is 6.31. The van der Waals surface area contributed by atoms with E-state index in [4.69, 9.17) is 4.43 Å². The van der Waals surface area contributed by atoms with Gasteiger partial charge in [-0.05, 0) is 42.8 Å². The Balaban J connectivity index is 2.34. The van der Waals surface area contributed by atoms with Crippen LogP contribution < -0.4 is 0 Å². The van der Waals surface area contributed by atoms with Crippen LogP contribution in [0, 0.1) is 11.8 Å². The van der Waals surface area contributed by atoms with Crippen LogP contribution in [-0.4, -0.2) is 14.9 Å². The van der Waals surface area contributed by atoms with Crippen LogP contribution in [0.2, 0.25) is 18.1 Å². The molecule has 96 valence electrons. The van der Waals surface area contributed by atoms with E-state index in [1.54, 1.807) is 0 Å². The fourth-order valence-corrected chi connectivity index (χ4v) is 3.12. The highest BCUT2D eigenvalue weighted by molar-refractivity contribution is 6.74. The predicted molar refractivity (Wildman–Crippen MR) is 74.3 cm³/mol. The molecular weight excluding hydrogens is 212 g/mol. The lowest BCUT2D eigenvalue weighted by molar-refractivity contribution is 0.175. The first-order chi connectivity index (χ1) is 7.22. The van der Waals surface area contributed by atoms with Gasteiger partial charge in [-0.15, -0.1) is 0 Å². The minimum absolute atomic E-state index is 0.356. The summed E-state index contributed by atoms with van der Waals surface area (Å²) in [5, 5.41) is 0.356. The van der Waals surface area contributed by atoms with Crippen molar-refractivity contribution in [2.45, 2.75) is 71.5 Å². The van der Waals surface area contributed by atoms with Crippen LogP contribution in [0.5, 0.6) is 0 Å². The third-order valence-electron chi connectivity index (χ3n) is 4.62. The summed E-state index contributed by atoms with van der Waals surface area (Å²) >= 11 is 0. The summed E-state index contributed by atoms with van der Waals surface area (Å²) in [5.74, 6) is 1.79. The van der Waals surface area contributed by atoms with Gasteiger partial charge in [-0.25, -0.2) is 0 Å². The summed E-state index contributed by atoms with van der Waals surface area (Å²) in [6.07, 6.45) is 5.59. The van der Waals surface area contributed by atoms with Gasteiger partial charge >= 0.3 is 0 Å². The Morgan fingerprint density at radius 1 is 1.06 bits per heavy atom. The summed E-state index contributed by atoms with van der Waals surface area (Å²) in [6.45, 7) is 15.1. The standard InChI is InChI=1S/C14H30OSi/c1-12-7-9-13(10-8-12)11-15-16(5,6)14(2,3)4/h12-13H,7-11H2,1-6H3/t12-,13-. The van der Waals surface area contributed by atoms with Crippen LogP contribution in [-0.2, 0) is 4.43 Å². The van der Waals surface area contributed by atoms with Crippen molar-refractivity contribution in [3.8, 4) is 0 Å². The average Bonchev–Trinajstić information content (AvgIpc) is 2.15. The van der Waals surface area contributed by atoms with E-state index < -0.39 is 8.32 Å². The maximum absolute atomic E-state index is 6.31. The molecular formula is C14H30OSi. The molecule has 0 heterocycles. The van der Waals surface area contributed by atoms with Crippen LogP contribution in [0.4, 0.5) is 0 Å². The average molecular weight is 242 g/mol. The van der Waals surface area contributed by atoms with Crippen molar-refractivity contribution in [2.24, 2.45) is 11.8 Å². The molecule has 2 heteroatoms. The lowest BCUT2D eigenvalue weighted by Crippen LogP contribution is -2.42. The number of hydrogen-bond acceptors (Lipinski definition) is 1. The van der Waals surface area contributed by atoms with Crippen molar-refractivity contribution in [3.63, 3.8) is 0 Å². The van der Waals surface area contributed by atoms with Crippen molar-refractivity contribution >= 4 is 8.32 Å². The van der Waals surface area contributed by atoms with E-state index >= 15 is 0 Å². The molecule has 0 aromatic heterocycles. The van der Waals surface area contributed by atoms with Crippen molar-refractivity contribution in [2.75, 3.05) is 6.61 Å². The van der Waals surface area contributed by atoms with Crippen LogP contribution in [0.3, 0.4) is 0 Å². The first-order valence-electron chi connectivity index (χ1n) is 6.86. The quantitative estimate of drug-likeness (QED) is 0.644. The zero-order valence-electron chi connectivity index (χ0n) is 12.1. The highest BCUT2D eigenvalue weighted by Crippen LogP contribution is 2.38. The second kappa shape index (κ2) is 5.22. The molecule has 0 radical (unpaired) electrons. The highest BCUT2D eigenvalue weighted by Gasteiger charge is 2.37. The topological polar surface area (TPSA) is 9.23 Å². The van der Waals surface area contributed by atoms with E-state index in [9.17, 15) is 0 Å². The molecule has 16 heavy (non-hydrogen) atoms. The molecule has 1 nitrogen and oxygen atoms in total. The molecule has 1 rings (SSSR count). The zero-order valence-corrected chi connectivity index (χ0v) is 13.1. The molecule has 0 aromatic rings. The van der Waals surface area contributed by atoms with Gasteiger partial charge in [0.15, 0.2) is 8.32 Å². The van der Waals surface area contributed by atoms with Gasteiger partial charge in [-0.3, -0.25) is 0 Å². The summed E-state index contributed by atoms with van der Waals surface area (Å²) in [5.41, 5.74) is 0. The minimum atomic E-state index is -1.51. The lowest BCUT2D eigenvalue weighted by atomic mass is 9.83. The van der Waals surface area contributed by atoms with E-state index in [0.29, 0.717) is 5.04 Å². The maximum Gasteiger partial charge on any atom is 0.191 e. The molecule has 0 spiro atoms. The van der Waals surface area contributed by atoms with Crippen molar-refractivity contribution in [3.05, 3.63) is 0 Å². The molecule has 0 aliphatic heterocycles. The van der Waals surface area contributed by atoms with Crippen molar-refractivity contribution < 1.29 is 4.43 Å². The number of hydrogen-bond donors (Lipinski definition) is 0. The molecule has 1 aliphatic carbocycles. The molecule has 1 aliphatic rings. The molecule has 0 atom stereocenters. The van der Waals surface area contributed by atoms with Gasteiger partial charge in [0.2, 0.25) is 0 Å². The molecule has 1 saturated carbocycles. The highest BCUT2D eigenvalue weighted by atomic mass is 28.4. The maximum atomic E-state index is 6.31. The van der Waals surface area contributed by atoms with Gasteiger partial charge in [0, 0.05) is 6.61 Å². The molecule has 0 unspecified atom stereocenters. The van der Waals surface area contributed by atoms with Crippen LogP contribution >= 0.6 is 0 Å². The monoisotopic (exact) mass is 242 g/mol. The molecule has 0 aromatic carbocycles. The van der Waals surface area contributed by atoms with Gasteiger partial charge < -0.3 is 4.43 Å². The Morgan fingerprint density at radius 3 is 2.00 bits per heavy atom. The van der Waals surface area contributed by atoms with Crippen LogP contribution in [0.15, 0.2) is 0 Å². The predicted octanol–water partition coefficient (Wildman–Crippen LogP) is 4.83. The van der Waals surface area contributed by atoms with Gasteiger partial charge in [0.1, 0.15) is 0 Å². The fourth-order valence-electron chi connectivity index (χ4n) is 2.04. The number of rotatable bonds is 3. The molecule has 0 amide bonds. The lowest BCUT2D eigenvalue weighted by Gasteiger charge is -2.38. The summed E-state index contributed by atoms with van der Waals surface area (Å²) in [7, 11) is -1.51. The largest absolute Gasteiger partial charge is 0.417 e. The second-order valence-electron chi connectivity index (χ2n) is 7.20. The van der Waals surface area contributed by atoms with Gasteiger partial charge in [0.25, 0.3) is 0 Å². The first kappa shape index (κ1) is 14.2. The minimum Gasteiger partial charge on any atom is -0.417 e. The van der Waals surface area contributed by atoms with E-state index in [2.05, 4.69) is 40.8 Å². The Labute approximate surface area is 103 Å². The SMILES string of the molecule is CC(C)(C)[Si](C)(C)OC[C@H]1CC[C@H](C)CC1. The third-order valence-corrected chi connectivity index (χ3v) is 9.12. The molecule has 0 bridgehead atoms. The smallest absolute Gasteiger partial charge is 0.191 e. The Bertz CT molecular complexity index is 209. The van der Waals surface area contributed by atoms with Gasteiger partial charge in [-0.2, -0.15) is 0 Å². The van der Waals surface area contributed by atoms with E-state index in [1.165, 1.54) is 25.7 Å². The van der Waals surface area contributed by atoms with Crippen molar-refractivity contribution in [1.29, 1.82) is 0 Å². The Kier molecular flexibility index (Phi) is 4.64. The van der Waals surface area contributed by atoms with Crippen LogP contribution in [0.1, 0.15) is 53.4 Å². The third kappa shape index (κ3) is 3.88. The van der Waals surface area contributed by atoms with Gasteiger partial charge in [-0.1, -0.05) is 40.5 Å². The molecule has 0 saturated heterocycles. The normalized spacial score (nSPS) is 28.1. The van der Waals surface area contributed by atoms with E-state index in [-0.39, 0.29) is 0 Å².